The molecule has 1 aliphatic rings. The number of nitrogens with zero attached hydrogens (tertiary/aromatic N) is 2. The summed E-state index contributed by atoms with van der Waals surface area (Å²) in [6, 6.07) is 13.3. The van der Waals surface area contributed by atoms with Crippen LogP contribution in [0.4, 0.5) is 11.4 Å². The highest BCUT2D eigenvalue weighted by atomic mass is 16.5. The monoisotopic (exact) mass is 452 g/mol. The zero-order valence-electron chi connectivity index (χ0n) is 19.0. The molecular formula is C24H28N4O5. The van der Waals surface area contributed by atoms with E-state index < -0.39 is 5.97 Å². The molecule has 1 aliphatic heterocycles. The molecule has 0 radical (unpaired) electrons. The van der Waals surface area contributed by atoms with Gasteiger partial charge in [0.05, 0.1) is 44.8 Å². The maximum atomic E-state index is 12.9. The van der Waals surface area contributed by atoms with Crippen LogP contribution in [0.2, 0.25) is 0 Å². The second kappa shape index (κ2) is 9.83. The molecular weight excluding hydrogens is 424 g/mol. The molecule has 0 bridgehead atoms. The summed E-state index contributed by atoms with van der Waals surface area (Å²) in [7, 11) is 4.55. The summed E-state index contributed by atoms with van der Waals surface area (Å²) >= 11 is 0. The Balaban J connectivity index is 1.43. The molecule has 174 valence electrons. The summed E-state index contributed by atoms with van der Waals surface area (Å²) in [5.41, 5.74) is 2.35. The van der Waals surface area contributed by atoms with Gasteiger partial charge in [0.15, 0.2) is 0 Å². The number of hydrogen-bond acceptors (Lipinski definition) is 7. The Morgan fingerprint density at radius 1 is 1.00 bits per heavy atom. The maximum absolute atomic E-state index is 12.9. The van der Waals surface area contributed by atoms with Crippen LogP contribution in [-0.2, 0) is 9.53 Å². The zero-order chi connectivity index (χ0) is 23.4. The molecule has 0 saturated carbocycles. The number of anilines is 2. The largest absolute Gasteiger partial charge is 0.497 e. The number of aromatic nitrogens is 1. The SMILES string of the molecule is COC(=O)c1[nH]c2cc(OC)ccc2c1NC(=O)CN1CCN(c2ccccc2OC)CC1. The molecule has 0 unspecified atom stereocenters. The van der Waals surface area contributed by atoms with E-state index in [0.717, 1.165) is 37.6 Å². The zero-order valence-corrected chi connectivity index (χ0v) is 19.0. The Hall–Kier alpha value is -3.72. The van der Waals surface area contributed by atoms with E-state index >= 15 is 0 Å². The highest BCUT2D eigenvalue weighted by Gasteiger charge is 2.24. The number of methoxy groups -OCH3 is 3. The predicted molar refractivity (Wildman–Crippen MR) is 126 cm³/mol. The van der Waals surface area contributed by atoms with Gasteiger partial charge in [0.25, 0.3) is 0 Å². The van der Waals surface area contributed by atoms with Crippen LogP contribution in [0.5, 0.6) is 11.5 Å². The number of esters is 1. The number of H-pyrrole nitrogens is 1. The lowest BCUT2D eigenvalue weighted by atomic mass is 10.2. The van der Waals surface area contributed by atoms with E-state index in [1.807, 2.05) is 24.3 Å². The van der Waals surface area contributed by atoms with Crippen LogP contribution < -0.4 is 19.7 Å². The van der Waals surface area contributed by atoms with Gasteiger partial charge < -0.3 is 29.4 Å². The van der Waals surface area contributed by atoms with Crippen molar-refractivity contribution in [1.29, 1.82) is 0 Å². The number of para-hydroxylation sites is 2. The first kappa shape index (κ1) is 22.5. The second-order valence-corrected chi connectivity index (χ2v) is 7.76. The number of carbonyl (C=O) groups excluding carboxylic acids is 2. The van der Waals surface area contributed by atoms with Crippen molar-refractivity contribution in [3.05, 3.63) is 48.2 Å². The standard InChI is InChI=1S/C24H28N4O5/c1-31-16-8-9-17-18(14-16)25-23(24(30)33-3)22(17)26-21(29)15-27-10-12-28(13-11-27)19-6-4-5-7-20(19)32-2/h4-9,14,25H,10-13,15H2,1-3H3,(H,26,29). The Bertz CT molecular complexity index is 1150. The number of nitrogens with one attached hydrogen (secondary N) is 2. The van der Waals surface area contributed by atoms with Gasteiger partial charge in [0.1, 0.15) is 17.2 Å². The molecule has 1 aromatic heterocycles. The lowest BCUT2D eigenvalue weighted by molar-refractivity contribution is -0.117. The van der Waals surface area contributed by atoms with E-state index in [4.69, 9.17) is 14.2 Å². The number of hydrogen-bond donors (Lipinski definition) is 2. The summed E-state index contributed by atoms with van der Waals surface area (Å²) in [4.78, 5) is 32.6. The molecule has 1 saturated heterocycles. The fourth-order valence-corrected chi connectivity index (χ4v) is 4.11. The number of rotatable bonds is 7. The normalized spacial score (nSPS) is 14.2. The van der Waals surface area contributed by atoms with Crippen LogP contribution in [0.1, 0.15) is 10.5 Å². The van der Waals surface area contributed by atoms with Crippen molar-refractivity contribution in [3.8, 4) is 11.5 Å². The smallest absolute Gasteiger partial charge is 0.356 e. The van der Waals surface area contributed by atoms with Crippen LogP contribution in [0.25, 0.3) is 10.9 Å². The lowest BCUT2D eigenvalue weighted by Gasteiger charge is -2.36. The van der Waals surface area contributed by atoms with Gasteiger partial charge in [0.2, 0.25) is 5.91 Å². The lowest BCUT2D eigenvalue weighted by Crippen LogP contribution is -2.48. The van der Waals surface area contributed by atoms with E-state index in [2.05, 4.69) is 20.1 Å². The molecule has 0 atom stereocenters. The van der Waals surface area contributed by atoms with Crippen LogP contribution >= 0.6 is 0 Å². The highest BCUT2D eigenvalue weighted by Crippen LogP contribution is 2.31. The Kier molecular flexibility index (Phi) is 6.69. The van der Waals surface area contributed by atoms with E-state index in [1.54, 1.807) is 32.4 Å². The van der Waals surface area contributed by atoms with Gasteiger partial charge in [-0.05, 0) is 24.3 Å². The third-order valence-electron chi connectivity index (χ3n) is 5.83. The minimum atomic E-state index is -0.550. The number of benzene rings is 2. The Morgan fingerprint density at radius 2 is 1.76 bits per heavy atom. The van der Waals surface area contributed by atoms with Gasteiger partial charge >= 0.3 is 5.97 Å². The fourth-order valence-electron chi connectivity index (χ4n) is 4.11. The molecule has 33 heavy (non-hydrogen) atoms. The first-order valence-corrected chi connectivity index (χ1v) is 10.7. The minimum absolute atomic E-state index is 0.192. The molecule has 1 amide bonds. The minimum Gasteiger partial charge on any atom is -0.497 e. The molecule has 2 N–H and O–H groups in total. The summed E-state index contributed by atoms with van der Waals surface area (Å²) in [5, 5.41) is 3.62. The maximum Gasteiger partial charge on any atom is 0.356 e. The Labute approximate surface area is 192 Å². The summed E-state index contributed by atoms with van der Waals surface area (Å²) in [5.74, 6) is 0.745. The van der Waals surface area contributed by atoms with Gasteiger partial charge in [-0.1, -0.05) is 12.1 Å². The summed E-state index contributed by atoms with van der Waals surface area (Å²) in [6.07, 6.45) is 0. The molecule has 2 aromatic carbocycles. The van der Waals surface area contributed by atoms with Crippen LogP contribution in [0.15, 0.2) is 42.5 Å². The average molecular weight is 453 g/mol. The van der Waals surface area contributed by atoms with E-state index in [1.165, 1.54) is 7.11 Å². The molecule has 1 fully saturated rings. The van der Waals surface area contributed by atoms with Crippen molar-refractivity contribution >= 4 is 34.2 Å². The molecule has 4 rings (SSSR count). The molecule has 0 aliphatic carbocycles. The van der Waals surface area contributed by atoms with Crippen molar-refractivity contribution in [2.24, 2.45) is 0 Å². The van der Waals surface area contributed by atoms with Gasteiger partial charge in [0, 0.05) is 37.6 Å². The molecule has 9 nitrogen and oxygen atoms in total. The summed E-state index contributed by atoms with van der Waals surface area (Å²) in [6.45, 7) is 3.27. The van der Waals surface area contributed by atoms with Gasteiger partial charge in [-0.15, -0.1) is 0 Å². The van der Waals surface area contributed by atoms with Crippen LogP contribution in [0, 0.1) is 0 Å². The van der Waals surface area contributed by atoms with Crippen molar-refractivity contribution in [1.82, 2.24) is 9.88 Å². The molecule has 2 heterocycles. The number of amides is 1. The third kappa shape index (κ3) is 4.73. The fraction of sp³-hybridized carbons (Fsp3) is 0.333. The number of piperazine rings is 1. The molecule has 3 aromatic rings. The molecule has 9 heteroatoms. The van der Waals surface area contributed by atoms with Gasteiger partial charge in [-0.2, -0.15) is 0 Å². The summed E-state index contributed by atoms with van der Waals surface area (Å²) < 4.78 is 15.6. The first-order valence-electron chi connectivity index (χ1n) is 10.7. The van der Waals surface area contributed by atoms with E-state index in [9.17, 15) is 9.59 Å². The van der Waals surface area contributed by atoms with Crippen molar-refractivity contribution in [2.75, 3.05) is 64.3 Å². The second-order valence-electron chi connectivity index (χ2n) is 7.76. The topological polar surface area (TPSA) is 96.1 Å². The van der Waals surface area contributed by atoms with Crippen molar-refractivity contribution < 1.29 is 23.8 Å². The number of ether oxygens (including phenoxy) is 3. The number of carbonyl (C=O) groups is 2. The quantitative estimate of drug-likeness (QED) is 0.532. The third-order valence-corrected chi connectivity index (χ3v) is 5.83. The average Bonchev–Trinajstić information content (AvgIpc) is 3.21. The predicted octanol–water partition coefficient (Wildman–Crippen LogP) is 2.73. The number of fused-ring (bicyclic) bond motifs is 1. The van der Waals surface area contributed by atoms with E-state index in [-0.39, 0.29) is 18.1 Å². The van der Waals surface area contributed by atoms with Crippen LogP contribution in [-0.4, -0.2) is 75.8 Å². The number of aromatic amines is 1. The van der Waals surface area contributed by atoms with Crippen molar-refractivity contribution in [2.45, 2.75) is 0 Å². The Morgan fingerprint density at radius 3 is 2.45 bits per heavy atom. The van der Waals surface area contributed by atoms with Crippen LogP contribution in [0.3, 0.4) is 0 Å². The first-order chi connectivity index (χ1) is 16.0. The van der Waals surface area contributed by atoms with Gasteiger partial charge in [-0.25, -0.2) is 4.79 Å². The van der Waals surface area contributed by atoms with E-state index in [0.29, 0.717) is 22.3 Å². The van der Waals surface area contributed by atoms with Crippen molar-refractivity contribution in [3.63, 3.8) is 0 Å². The molecule has 0 spiro atoms. The highest BCUT2D eigenvalue weighted by molar-refractivity contribution is 6.11. The van der Waals surface area contributed by atoms with Gasteiger partial charge in [-0.3, -0.25) is 9.69 Å².